The molecule has 0 nitrogen and oxygen atoms in total. The molecule has 0 radical (unpaired) electrons. The van der Waals surface area contributed by atoms with E-state index in [1.807, 2.05) is 0 Å². The molecule has 0 saturated carbocycles. The molecule has 0 amide bonds. The average molecular weight is 136 g/mol. The molecule has 0 saturated heterocycles. The molecule has 0 bridgehead atoms. The Bertz CT molecular complexity index is 124. The maximum atomic E-state index is 2.32. The van der Waals surface area contributed by atoms with Crippen molar-refractivity contribution in [1.82, 2.24) is 0 Å². The summed E-state index contributed by atoms with van der Waals surface area (Å²) in [6, 6.07) is 0. The van der Waals surface area contributed by atoms with Crippen molar-refractivity contribution in [1.29, 1.82) is 0 Å². The molecule has 56 valence electrons. The van der Waals surface area contributed by atoms with Crippen LogP contribution in [0.5, 0.6) is 0 Å². The van der Waals surface area contributed by atoms with Crippen LogP contribution in [0.1, 0.15) is 26.7 Å². The smallest absolute Gasteiger partial charge is 0.0227 e. The summed E-state index contributed by atoms with van der Waals surface area (Å²) < 4.78 is 0. The lowest BCUT2D eigenvalue weighted by Gasteiger charge is -2.08. The zero-order valence-corrected chi connectivity index (χ0v) is 6.88. The Kier molecular flexibility index (Phi) is 2.73. The van der Waals surface area contributed by atoms with Gasteiger partial charge in [-0.2, -0.15) is 0 Å². The Morgan fingerprint density at radius 3 is 1.70 bits per heavy atom. The molecule has 10 heavy (non-hydrogen) atoms. The van der Waals surface area contributed by atoms with Gasteiger partial charge in [0.25, 0.3) is 0 Å². The van der Waals surface area contributed by atoms with Crippen LogP contribution in [-0.4, -0.2) is 0 Å². The van der Waals surface area contributed by atoms with Crippen molar-refractivity contribution < 1.29 is 0 Å². The van der Waals surface area contributed by atoms with Crippen molar-refractivity contribution >= 4 is 0 Å². The minimum absolute atomic E-state index is 0.740. The van der Waals surface area contributed by atoms with Crippen molar-refractivity contribution in [3.63, 3.8) is 0 Å². The summed E-state index contributed by atoms with van der Waals surface area (Å²) in [6.45, 7) is 4.52. The molecular weight excluding hydrogens is 120 g/mol. The molecule has 0 N–H and O–H groups in total. The second-order valence-electron chi connectivity index (χ2n) is 3.28. The van der Waals surface area contributed by atoms with E-state index >= 15 is 0 Å². The summed E-state index contributed by atoms with van der Waals surface area (Å²) in [7, 11) is 0. The minimum Gasteiger partial charge on any atom is -0.0877 e. The summed E-state index contributed by atoms with van der Waals surface area (Å²) in [5.74, 6) is 1.48. The second kappa shape index (κ2) is 3.60. The third kappa shape index (κ3) is 2.38. The first-order chi connectivity index (χ1) is 4.79. The molecule has 1 aliphatic rings. The van der Waals surface area contributed by atoms with E-state index in [0.29, 0.717) is 0 Å². The SMILES string of the molecule is CC1/C=C\CC(C)/C=C\C1. The van der Waals surface area contributed by atoms with E-state index in [2.05, 4.69) is 38.2 Å². The highest BCUT2D eigenvalue weighted by molar-refractivity contribution is 4.99. The van der Waals surface area contributed by atoms with Crippen molar-refractivity contribution in [2.75, 3.05) is 0 Å². The molecule has 2 unspecified atom stereocenters. The Morgan fingerprint density at radius 2 is 1.30 bits per heavy atom. The van der Waals surface area contributed by atoms with Gasteiger partial charge in [0.2, 0.25) is 0 Å². The monoisotopic (exact) mass is 136 g/mol. The number of rotatable bonds is 0. The van der Waals surface area contributed by atoms with E-state index in [9.17, 15) is 0 Å². The van der Waals surface area contributed by atoms with E-state index in [1.165, 1.54) is 12.8 Å². The quantitative estimate of drug-likeness (QED) is 0.449. The van der Waals surface area contributed by atoms with Gasteiger partial charge >= 0.3 is 0 Å². The van der Waals surface area contributed by atoms with Gasteiger partial charge in [-0.15, -0.1) is 0 Å². The zero-order valence-electron chi connectivity index (χ0n) is 6.88. The molecule has 0 aromatic rings. The minimum atomic E-state index is 0.740. The van der Waals surface area contributed by atoms with Gasteiger partial charge in [0.1, 0.15) is 0 Å². The number of hydrogen-bond donors (Lipinski definition) is 0. The Morgan fingerprint density at radius 1 is 0.900 bits per heavy atom. The first-order valence-electron chi connectivity index (χ1n) is 4.12. The number of allylic oxidation sites excluding steroid dienone is 4. The lowest BCUT2D eigenvalue weighted by molar-refractivity contribution is 0.681. The van der Waals surface area contributed by atoms with Crippen molar-refractivity contribution in [2.24, 2.45) is 11.8 Å². The molecule has 2 atom stereocenters. The summed E-state index contributed by atoms with van der Waals surface area (Å²) in [5, 5.41) is 0. The van der Waals surface area contributed by atoms with Gasteiger partial charge in [0.05, 0.1) is 0 Å². The Balaban J connectivity index is 2.48. The van der Waals surface area contributed by atoms with Crippen LogP contribution in [0, 0.1) is 11.8 Å². The van der Waals surface area contributed by atoms with Crippen LogP contribution in [0.15, 0.2) is 24.3 Å². The molecule has 0 aromatic heterocycles. The van der Waals surface area contributed by atoms with Gasteiger partial charge in [0, 0.05) is 0 Å². The van der Waals surface area contributed by atoms with E-state index in [0.717, 1.165) is 11.8 Å². The molecule has 0 heterocycles. The normalized spacial score (nSPS) is 39.8. The lowest BCUT2D eigenvalue weighted by atomic mass is 9.98. The predicted octanol–water partition coefficient (Wildman–Crippen LogP) is 3.16. The molecule has 1 aliphatic carbocycles. The first kappa shape index (κ1) is 7.59. The number of hydrogen-bond acceptors (Lipinski definition) is 0. The predicted molar refractivity (Wildman–Crippen MR) is 45.8 cm³/mol. The van der Waals surface area contributed by atoms with Crippen LogP contribution >= 0.6 is 0 Å². The lowest BCUT2D eigenvalue weighted by Crippen LogP contribution is -1.93. The highest BCUT2D eigenvalue weighted by atomic mass is 14.0. The molecule has 1 rings (SSSR count). The zero-order chi connectivity index (χ0) is 7.40. The highest BCUT2D eigenvalue weighted by Crippen LogP contribution is 2.13. The molecule has 0 aromatic carbocycles. The first-order valence-corrected chi connectivity index (χ1v) is 4.12. The van der Waals surface area contributed by atoms with Gasteiger partial charge in [-0.3, -0.25) is 0 Å². The molecule has 0 fully saturated rings. The fourth-order valence-electron chi connectivity index (χ4n) is 1.21. The van der Waals surface area contributed by atoms with Crippen LogP contribution in [0.25, 0.3) is 0 Å². The summed E-state index contributed by atoms with van der Waals surface area (Å²) in [6.07, 6.45) is 11.7. The molecular formula is C10H16. The fourth-order valence-corrected chi connectivity index (χ4v) is 1.21. The third-order valence-electron chi connectivity index (χ3n) is 1.94. The van der Waals surface area contributed by atoms with E-state index < -0.39 is 0 Å². The Hall–Kier alpha value is -0.520. The maximum Gasteiger partial charge on any atom is -0.0227 e. The van der Waals surface area contributed by atoms with Gasteiger partial charge in [-0.25, -0.2) is 0 Å². The molecule has 0 spiro atoms. The largest absolute Gasteiger partial charge is 0.0877 e. The van der Waals surface area contributed by atoms with Gasteiger partial charge < -0.3 is 0 Å². The second-order valence-corrected chi connectivity index (χ2v) is 3.28. The van der Waals surface area contributed by atoms with Crippen molar-refractivity contribution in [3.8, 4) is 0 Å². The third-order valence-corrected chi connectivity index (χ3v) is 1.94. The van der Waals surface area contributed by atoms with E-state index in [-0.39, 0.29) is 0 Å². The molecule has 0 aliphatic heterocycles. The average Bonchev–Trinajstić information content (AvgIpc) is 1.84. The topological polar surface area (TPSA) is 0 Å². The summed E-state index contributed by atoms with van der Waals surface area (Å²) in [5.41, 5.74) is 0. The van der Waals surface area contributed by atoms with Crippen LogP contribution < -0.4 is 0 Å². The maximum absolute atomic E-state index is 2.32. The van der Waals surface area contributed by atoms with E-state index in [4.69, 9.17) is 0 Å². The van der Waals surface area contributed by atoms with Gasteiger partial charge in [0.15, 0.2) is 0 Å². The van der Waals surface area contributed by atoms with Crippen LogP contribution in [0.3, 0.4) is 0 Å². The van der Waals surface area contributed by atoms with Crippen molar-refractivity contribution in [3.05, 3.63) is 24.3 Å². The standard InChI is InChI=1S/C10H16/c1-9-5-3-7-10(2)8-4-6-9/h3-5,8-10H,6-7H2,1-2H3/b5-3-,8-4-. The van der Waals surface area contributed by atoms with Crippen molar-refractivity contribution in [2.45, 2.75) is 26.7 Å². The Labute approximate surface area is 63.6 Å². The van der Waals surface area contributed by atoms with Crippen LogP contribution in [0.4, 0.5) is 0 Å². The fraction of sp³-hybridized carbons (Fsp3) is 0.600. The summed E-state index contributed by atoms with van der Waals surface area (Å²) in [4.78, 5) is 0. The van der Waals surface area contributed by atoms with E-state index in [1.54, 1.807) is 0 Å². The molecule has 0 heteroatoms. The van der Waals surface area contributed by atoms with Crippen LogP contribution in [-0.2, 0) is 0 Å². The van der Waals surface area contributed by atoms with Crippen LogP contribution in [0.2, 0.25) is 0 Å². The van der Waals surface area contributed by atoms with Gasteiger partial charge in [-0.1, -0.05) is 38.2 Å². The summed E-state index contributed by atoms with van der Waals surface area (Å²) >= 11 is 0. The highest BCUT2D eigenvalue weighted by Gasteiger charge is 1.99. The van der Waals surface area contributed by atoms with Gasteiger partial charge in [-0.05, 0) is 24.7 Å².